The van der Waals surface area contributed by atoms with Crippen LogP contribution in [0.25, 0.3) is 0 Å². The van der Waals surface area contributed by atoms with Gasteiger partial charge >= 0.3 is 11.9 Å². The molecule has 0 amide bonds. The van der Waals surface area contributed by atoms with E-state index in [4.69, 9.17) is 14.2 Å². The Balaban J connectivity index is 1.60. The monoisotopic (exact) mass is 492 g/mol. The molecule has 2 aromatic carbocycles. The molecule has 0 aromatic heterocycles. The quantitative estimate of drug-likeness (QED) is 0.641. The predicted molar refractivity (Wildman–Crippen MR) is 130 cm³/mol. The first-order valence-electron chi connectivity index (χ1n) is 12.4. The minimum Gasteiger partial charge on any atom is -0.458 e. The van der Waals surface area contributed by atoms with Gasteiger partial charge in [0.2, 0.25) is 0 Å². The van der Waals surface area contributed by atoms with E-state index in [1.807, 2.05) is 13.8 Å². The Bertz CT molecular complexity index is 1190. The van der Waals surface area contributed by atoms with E-state index in [0.29, 0.717) is 11.1 Å². The first-order valence-corrected chi connectivity index (χ1v) is 12.4. The predicted octanol–water partition coefficient (Wildman–Crippen LogP) is 4.13. The zero-order chi connectivity index (χ0) is 25.9. The summed E-state index contributed by atoms with van der Waals surface area (Å²) in [5, 5.41) is 11.7. The van der Waals surface area contributed by atoms with Gasteiger partial charge in [-0.15, -0.1) is 0 Å². The van der Waals surface area contributed by atoms with E-state index in [-0.39, 0.29) is 25.0 Å². The van der Waals surface area contributed by atoms with Gasteiger partial charge in [0.15, 0.2) is 11.4 Å². The molecule has 7 heteroatoms. The molecule has 0 unspecified atom stereocenters. The van der Waals surface area contributed by atoms with E-state index in [1.54, 1.807) is 74.5 Å². The van der Waals surface area contributed by atoms with Gasteiger partial charge < -0.3 is 19.3 Å². The Morgan fingerprint density at radius 3 is 1.89 bits per heavy atom. The summed E-state index contributed by atoms with van der Waals surface area (Å²) in [7, 11) is 0. The molecule has 190 valence electrons. The number of rotatable bonds is 4. The molecule has 2 aromatic rings. The molecule has 1 saturated heterocycles. The van der Waals surface area contributed by atoms with E-state index in [1.165, 1.54) is 0 Å². The van der Waals surface area contributed by atoms with Crippen molar-refractivity contribution >= 4 is 17.7 Å². The lowest BCUT2D eigenvalue weighted by Crippen LogP contribution is -2.77. The Hall–Kier alpha value is -3.03. The Labute approximate surface area is 210 Å². The van der Waals surface area contributed by atoms with Crippen molar-refractivity contribution in [2.24, 2.45) is 11.3 Å². The second-order valence-corrected chi connectivity index (χ2v) is 11.2. The third-order valence-electron chi connectivity index (χ3n) is 8.63. The summed E-state index contributed by atoms with van der Waals surface area (Å²) in [6, 6.07) is 17.2. The molecule has 2 saturated carbocycles. The molecule has 0 radical (unpaired) electrons. The molecule has 1 aliphatic heterocycles. The maximum absolute atomic E-state index is 14.0. The minimum absolute atomic E-state index is 0.184. The summed E-state index contributed by atoms with van der Waals surface area (Å²) >= 11 is 0. The number of carbonyl (C=O) groups is 3. The number of hydrogen-bond donors (Lipinski definition) is 1. The summed E-state index contributed by atoms with van der Waals surface area (Å²) in [5.74, 6) is -1.90. The number of fused-ring (bicyclic) bond motifs is 1. The van der Waals surface area contributed by atoms with Crippen molar-refractivity contribution in [2.75, 3.05) is 0 Å². The normalized spacial score (nSPS) is 36.6. The van der Waals surface area contributed by atoms with Crippen molar-refractivity contribution in [3.63, 3.8) is 0 Å². The van der Waals surface area contributed by atoms with Gasteiger partial charge in [0.25, 0.3) is 0 Å². The van der Waals surface area contributed by atoms with Gasteiger partial charge in [0.05, 0.1) is 33.7 Å². The molecule has 2 aliphatic carbocycles. The van der Waals surface area contributed by atoms with Crippen LogP contribution in [0.2, 0.25) is 0 Å². The lowest BCUT2D eigenvalue weighted by Gasteiger charge is -2.61. The number of aliphatic hydroxyl groups is 1. The molecule has 1 heterocycles. The smallest absolute Gasteiger partial charge is 0.338 e. The molecule has 5 rings (SSSR count). The van der Waals surface area contributed by atoms with Crippen LogP contribution >= 0.6 is 0 Å². The van der Waals surface area contributed by atoms with Crippen molar-refractivity contribution < 1.29 is 33.7 Å². The fourth-order valence-corrected chi connectivity index (χ4v) is 6.70. The molecule has 7 nitrogen and oxygen atoms in total. The summed E-state index contributed by atoms with van der Waals surface area (Å²) in [6.45, 7) is 6.99. The van der Waals surface area contributed by atoms with Crippen LogP contribution in [0.3, 0.4) is 0 Å². The highest BCUT2D eigenvalue weighted by Crippen LogP contribution is 2.66. The van der Waals surface area contributed by atoms with E-state index in [2.05, 4.69) is 0 Å². The molecule has 6 atom stereocenters. The van der Waals surface area contributed by atoms with Crippen molar-refractivity contribution in [1.29, 1.82) is 0 Å². The van der Waals surface area contributed by atoms with Crippen LogP contribution in [0, 0.1) is 11.3 Å². The summed E-state index contributed by atoms with van der Waals surface area (Å²) in [6.07, 6.45) is -1.00. The molecule has 1 spiro atoms. The van der Waals surface area contributed by atoms with E-state index < -0.39 is 52.3 Å². The maximum Gasteiger partial charge on any atom is 0.338 e. The molecule has 3 aliphatic rings. The second-order valence-electron chi connectivity index (χ2n) is 11.2. The third kappa shape index (κ3) is 3.36. The lowest BCUT2D eigenvalue weighted by atomic mass is 9.48. The molecular formula is C29H32O7. The fraction of sp³-hybridized carbons (Fsp3) is 0.483. The molecule has 3 fully saturated rings. The van der Waals surface area contributed by atoms with Crippen LogP contribution in [-0.4, -0.2) is 51.8 Å². The molecular weight excluding hydrogens is 460 g/mol. The highest BCUT2D eigenvalue weighted by Gasteiger charge is 2.81. The van der Waals surface area contributed by atoms with E-state index in [0.717, 1.165) is 0 Å². The highest BCUT2D eigenvalue weighted by atomic mass is 16.6. The summed E-state index contributed by atoms with van der Waals surface area (Å²) in [4.78, 5) is 40.3. The van der Waals surface area contributed by atoms with Gasteiger partial charge in [-0.3, -0.25) is 4.79 Å². The largest absolute Gasteiger partial charge is 0.458 e. The van der Waals surface area contributed by atoms with Gasteiger partial charge in [-0.05, 0) is 71.2 Å². The van der Waals surface area contributed by atoms with E-state index in [9.17, 15) is 19.5 Å². The van der Waals surface area contributed by atoms with Crippen LogP contribution < -0.4 is 0 Å². The second kappa shape index (κ2) is 8.25. The first kappa shape index (κ1) is 24.7. The zero-order valence-corrected chi connectivity index (χ0v) is 21.0. The third-order valence-corrected chi connectivity index (χ3v) is 8.63. The maximum atomic E-state index is 14.0. The molecule has 36 heavy (non-hydrogen) atoms. The lowest BCUT2D eigenvalue weighted by molar-refractivity contribution is -0.288. The Morgan fingerprint density at radius 2 is 1.36 bits per heavy atom. The summed E-state index contributed by atoms with van der Waals surface area (Å²) in [5.41, 5.74) is -4.75. The number of ketones is 1. The Morgan fingerprint density at radius 1 is 0.861 bits per heavy atom. The van der Waals surface area contributed by atoms with Crippen LogP contribution in [0.1, 0.15) is 67.7 Å². The van der Waals surface area contributed by atoms with Crippen molar-refractivity contribution in [2.45, 2.75) is 76.0 Å². The molecule has 1 N–H and O–H groups in total. The zero-order valence-electron chi connectivity index (χ0n) is 21.0. The number of ether oxygens (including phenoxy) is 3. The van der Waals surface area contributed by atoms with Crippen LogP contribution in [-0.2, 0) is 19.0 Å². The average molecular weight is 493 g/mol. The van der Waals surface area contributed by atoms with E-state index >= 15 is 0 Å². The Kier molecular flexibility index (Phi) is 5.65. The highest BCUT2D eigenvalue weighted by molar-refractivity contribution is 5.97. The molecule has 2 bridgehead atoms. The van der Waals surface area contributed by atoms with Gasteiger partial charge in [-0.1, -0.05) is 36.4 Å². The average Bonchev–Trinajstić information content (AvgIpc) is 3.01. The SMILES string of the molecule is CC1(C)O[C@]23C(=O)[C@H]1C[C@@H](OC(=O)c1ccccc1)[C@]2(C)[C@@H](OC(=O)c1ccccc1)CC[C@]3(C)O. The van der Waals surface area contributed by atoms with Crippen LogP contribution in [0.4, 0.5) is 0 Å². The summed E-state index contributed by atoms with van der Waals surface area (Å²) < 4.78 is 18.7. The van der Waals surface area contributed by atoms with Crippen LogP contribution in [0.15, 0.2) is 60.7 Å². The van der Waals surface area contributed by atoms with Crippen molar-refractivity contribution in [1.82, 2.24) is 0 Å². The first-order chi connectivity index (χ1) is 16.9. The van der Waals surface area contributed by atoms with Gasteiger partial charge in [-0.2, -0.15) is 0 Å². The van der Waals surface area contributed by atoms with Crippen molar-refractivity contribution in [3.8, 4) is 0 Å². The van der Waals surface area contributed by atoms with Crippen LogP contribution in [0.5, 0.6) is 0 Å². The number of benzene rings is 2. The minimum atomic E-state index is -1.71. The van der Waals surface area contributed by atoms with Gasteiger partial charge in [-0.25, -0.2) is 9.59 Å². The number of Topliss-reactive ketones (excluding diaryl/α,β-unsaturated/α-hetero) is 1. The topological polar surface area (TPSA) is 99.1 Å². The fourth-order valence-electron chi connectivity index (χ4n) is 6.70. The van der Waals surface area contributed by atoms with Gasteiger partial charge in [0, 0.05) is 0 Å². The number of carbonyl (C=O) groups excluding carboxylic acids is 3. The van der Waals surface area contributed by atoms with Gasteiger partial charge in [0.1, 0.15) is 12.2 Å². The standard InChI is InChI=1S/C29H32O7/c1-26(2)20-17-22(35-25(32)19-13-9-6-10-14-19)28(4)21(34-24(31)18-11-7-5-8-12-18)15-16-27(3,33)29(28,36-26)23(20)30/h5-14,20-22,33H,15-17H2,1-4H3/t20-,21+,22-,27+,28+,29+/m1/s1. The number of hydrogen-bond acceptors (Lipinski definition) is 7. The van der Waals surface area contributed by atoms with Crippen molar-refractivity contribution in [3.05, 3.63) is 71.8 Å². The number of esters is 2.